The lowest BCUT2D eigenvalue weighted by molar-refractivity contribution is -0.394. The van der Waals surface area contributed by atoms with Crippen LogP contribution in [0.3, 0.4) is 0 Å². The van der Waals surface area contributed by atoms with E-state index in [1.807, 2.05) is 0 Å². The number of benzene rings is 2. The molecule has 14 nitrogen and oxygen atoms in total. The Hall–Kier alpha value is -5.05. The fraction of sp³-hybridized carbons (Fsp3) is 0.240. The molecule has 2 aromatic carbocycles. The van der Waals surface area contributed by atoms with Gasteiger partial charge in [0.1, 0.15) is 0 Å². The average Bonchev–Trinajstić information content (AvgIpc) is 3.22. The van der Waals surface area contributed by atoms with Crippen LogP contribution in [0, 0.1) is 20.2 Å². The van der Waals surface area contributed by atoms with Gasteiger partial charge in [-0.25, -0.2) is 9.79 Å². The summed E-state index contributed by atoms with van der Waals surface area (Å²) in [5.74, 6) is -0.778. The molecule has 0 fully saturated rings. The molecule has 1 aliphatic rings. The minimum Gasteiger partial charge on any atom is -0.502 e. The Kier molecular flexibility index (Phi) is 7.68. The Morgan fingerprint density at radius 2 is 1.85 bits per heavy atom. The predicted octanol–water partition coefficient (Wildman–Crippen LogP) is 2.34. The summed E-state index contributed by atoms with van der Waals surface area (Å²) in [7, 11) is 2.90. The second kappa shape index (κ2) is 11.0. The molecule has 0 unspecified atom stereocenters. The number of nitrogens with zero attached hydrogens (tertiary/aromatic N) is 4. The van der Waals surface area contributed by atoms with Gasteiger partial charge >= 0.3 is 11.7 Å². The third-order valence-electron chi connectivity index (χ3n) is 6.04. The predicted molar refractivity (Wildman–Crippen MR) is 141 cm³/mol. The van der Waals surface area contributed by atoms with Gasteiger partial charge in [0.2, 0.25) is 5.75 Å². The molecule has 2 heterocycles. The van der Waals surface area contributed by atoms with Gasteiger partial charge in [-0.2, -0.15) is 0 Å². The van der Waals surface area contributed by atoms with Crippen LogP contribution in [0.2, 0.25) is 0 Å². The second-order valence-corrected chi connectivity index (χ2v) is 9.34. The first-order chi connectivity index (χ1) is 19.0. The molecule has 40 heavy (non-hydrogen) atoms. The summed E-state index contributed by atoms with van der Waals surface area (Å²) < 4.78 is 17.2. The number of non-ortho nitro benzene ring substituents is 1. The van der Waals surface area contributed by atoms with Crippen molar-refractivity contribution in [2.45, 2.75) is 19.9 Å². The SMILES string of the molecule is CCOC(=O)C1=C(C)N=c2s/c(=C\c3cc([N+](=O)[O-])cc([N+](=O)[O-])c3O)c(=O)n2[C@@H]1c1ccc(OC)c(OC)c1. The maximum absolute atomic E-state index is 13.8. The van der Waals surface area contributed by atoms with Gasteiger partial charge < -0.3 is 19.3 Å². The molecule has 0 amide bonds. The highest BCUT2D eigenvalue weighted by atomic mass is 32.1. The largest absolute Gasteiger partial charge is 0.502 e. The molecule has 0 aliphatic carbocycles. The Labute approximate surface area is 229 Å². The Morgan fingerprint density at radius 1 is 1.15 bits per heavy atom. The molecule has 4 rings (SSSR count). The number of phenolic OH excluding ortho intramolecular Hbond substituents is 1. The van der Waals surface area contributed by atoms with Gasteiger partial charge in [0.25, 0.3) is 11.2 Å². The van der Waals surface area contributed by atoms with Crippen LogP contribution in [-0.4, -0.2) is 46.3 Å². The van der Waals surface area contributed by atoms with E-state index >= 15 is 0 Å². The number of nitro benzene ring substituents is 2. The first-order valence-corrected chi connectivity index (χ1v) is 12.4. The molecule has 15 heteroatoms. The second-order valence-electron chi connectivity index (χ2n) is 8.33. The summed E-state index contributed by atoms with van der Waals surface area (Å²) >= 11 is 0.876. The maximum atomic E-state index is 13.8. The summed E-state index contributed by atoms with van der Waals surface area (Å²) in [6, 6.07) is 5.40. The van der Waals surface area contributed by atoms with E-state index in [0.717, 1.165) is 23.5 Å². The van der Waals surface area contributed by atoms with Crippen molar-refractivity contribution in [3.8, 4) is 17.2 Å². The highest BCUT2D eigenvalue weighted by Gasteiger charge is 2.34. The van der Waals surface area contributed by atoms with E-state index in [2.05, 4.69) is 4.99 Å². The third-order valence-corrected chi connectivity index (χ3v) is 7.02. The number of allylic oxidation sites excluding steroid dienone is 1. The van der Waals surface area contributed by atoms with Crippen LogP contribution < -0.4 is 24.4 Å². The number of phenols is 1. The van der Waals surface area contributed by atoms with Gasteiger partial charge in [-0.05, 0) is 37.6 Å². The van der Waals surface area contributed by atoms with E-state index in [1.54, 1.807) is 32.0 Å². The number of hydrogen-bond acceptors (Lipinski definition) is 12. The number of carbonyl (C=O) groups excluding carboxylic acids is 1. The molecule has 1 aliphatic heterocycles. The van der Waals surface area contributed by atoms with Gasteiger partial charge in [-0.1, -0.05) is 17.4 Å². The first kappa shape index (κ1) is 28.0. The minimum absolute atomic E-state index is 0.0489. The van der Waals surface area contributed by atoms with Crippen molar-refractivity contribution in [1.29, 1.82) is 0 Å². The summed E-state index contributed by atoms with van der Waals surface area (Å²) in [6.45, 7) is 3.30. The molecule has 3 aromatic rings. The Morgan fingerprint density at radius 3 is 2.45 bits per heavy atom. The van der Waals surface area contributed by atoms with E-state index in [1.165, 1.54) is 18.8 Å². The zero-order valence-electron chi connectivity index (χ0n) is 21.6. The van der Waals surface area contributed by atoms with Crippen LogP contribution in [0.5, 0.6) is 17.2 Å². The van der Waals surface area contributed by atoms with E-state index in [0.29, 0.717) is 28.8 Å². The van der Waals surface area contributed by atoms with Crippen molar-refractivity contribution < 1.29 is 34.0 Å². The summed E-state index contributed by atoms with van der Waals surface area (Å²) in [6.07, 6.45) is 1.11. The van der Waals surface area contributed by atoms with Gasteiger partial charge in [0.05, 0.1) is 58.6 Å². The summed E-state index contributed by atoms with van der Waals surface area (Å²) in [4.78, 5) is 52.3. The van der Waals surface area contributed by atoms with Crippen LogP contribution >= 0.6 is 11.3 Å². The lowest BCUT2D eigenvalue weighted by Gasteiger charge is -2.25. The lowest BCUT2D eigenvalue weighted by atomic mass is 9.95. The normalized spacial score (nSPS) is 14.8. The number of carbonyl (C=O) groups is 1. The highest BCUT2D eigenvalue weighted by molar-refractivity contribution is 7.07. The molecule has 0 radical (unpaired) electrons. The maximum Gasteiger partial charge on any atom is 0.338 e. The Bertz CT molecular complexity index is 1770. The van der Waals surface area contributed by atoms with Gasteiger partial charge in [-0.3, -0.25) is 29.6 Å². The van der Waals surface area contributed by atoms with Crippen molar-refractivity contribution in [2.75, 3.05) is 20.8 Å². The van der Waals surface area contributed by atoms with E-state index in [4.69, 9.17) is 14.2 Å². The molecule has 208 valence electrons. The number of nitro groups is 2. The van der Waals surface area contributed by atoms with Crippen LogP contribution in [0.15, 0.2) is 51.4 Å². The number of hydrogen-bond donors (Lipinski definition) is 1. The van der Waals surface area contributed by atoms with Crippen LogP contribution in [-0.2, 0) is 9.53 Å². The molecule has 1 aromatic heterocycles. The van der Waals surface area contributed by atoms with Crippen molar-refractivity contribution in [3.05, 3.63) is 92.6 Å². The van der Waals surface area contributed by atoms with Gasteiger partial charge in [0, 0.05) is 11.6 Å². The van der Waals surface area contributed by atoms with E-state index in [9.17, 15) is 34.9 Å². The monoisotopic (exact) mass is 570 g/mol. The summed E-state index contributed by atoms with van der Waals surface area (Å²) in [5.41, 5.74) is -1.65. The van der Waals surface area contributed by atoms with Crippen molar-refractivity contribution in [1.82, 2.24) is 4.57 Å². The standard InChI is InChI=1S/C25H22N4O10S/c1-5-39-24(32)20-12(2)26-25-27(21(20)13-6-7-17(37-3)18(9-13)38-4)23(31)19(40-25)10-14-8-15(28(33)34)11-16(22(14)30)29(35)36/h6-11,21,30H,5H2,1-4H3/b19-10-/t21-/m1/s1. The average molecular weight is 571 g/mol. The van der Waals surface area contributed by atoms with Crippen molar-refractivity contribution >= 4 is 34.8 Å². The number of fused-ring (bicyclic) bond motifs is 1. The molecule has 0 saturated heterocycles. The molecular weight excluding hydrogens is 548 g/mol. The fourth-order valence-electron chi connectivity index (χ4n) is 4.25. The van der Waals surface area contributed by atoms with Crippen LogP contribution in [0.1, 0.15) is 31.0 Å². The smallest absolute Gasteiger partial charge is 0.338 e. The zero-order chi connectivity index (χ0) is 29.3. The number of rotatable bonds is 8. The number of aromatic hydroxyl groups is 1. The molecule has 0 saturated carbocycles. The zero-order valence-corrected chi connectivity index (χ0v) is 22.4. The number of esters is 1. The molecule has 1 atom stereocenters. The first-order valence-electron chi connectivity index (χ1n) is 11.6. The quantitative estimate of drug-likeness (QED) is 0.239. The summed E-state index contributed by atoms with van der Waals surface area (Å²) in [5, 5.41) is 33.2. The van der Waals surface area contributed by atoms with Gasteiger partial charge in [0.15, 0.2) is 16.3 Å². The lowest BCUT2D eigenvalue weighted by Crippen LogP contribution is -2.40. The fourth-order valence-corrected chi connectivity index (χ4v) is 5.29. The topological polar surface area (TPSA) is 186 Å². The van der Waals surface area contributed by atoms with Crippen LogP contribution in [0.25, 0.3) is 6.08 Å². The third kappa shape index (κ3) is 4.89. The minimum atomic E-state index is -1.01. The number of aromatic nitrogens is 1. The van der Waals surface area contributed by atoms with Crippen molar-refractivity contribution in [3.63, 3.8) is 0 Å². The van der Waals surface area contributed by atoms with E-state index in [-0.39, 0.29) is 27.1 Å². The Balaban J connectivity index is 2.02. The number of ether oxygens (including phenoxy) is 3. The number of methoxy groups -OCH3 is 2. The molecular formula is C25H22N4O10S. The molecule has 0 spiro atoms. The number of thiazole rings is 1. The highest BCUT2D eigenvalue weighted by Crippen LogP contribution is 2.37. The van der Waals surface area contributed by atoms with Crippen LogP contribution in [0.4, 0.5) is 11.4 Å². The van der Waals surface area contributed by atoms with Crippen molar-refractivity contribution in [2.24, 2.45) is 4.99 Å². The molecule has 0 bridgehead atoms. The van der Waals surface area contributed by atoms with Gasteiger partial charge in [-0.15, -0.1) is 0 Å². The molecule has 1 N–H and O–H groups in total. The van der Waals surface area contributed by atoms with E-state index < -0.39 is 44.5 Å².